The fourth-order valence-corrected chi connectivity index (χ4v) is 1.12. The number of amidine groups is 1. The second-order valence-corrected chi connectivity index (χ2v) is 2.74. The Morgan fingerprint density at radius 1 is 1.91 bits per heavy atom. The summed E-state index contributed by atoms with van der Waals surface area (Å²) in [6.45, 7) is 0. The number of rotatable bonds is 1. The van der Waals surface area contributed by atoms with Crippen molar-refractivity contribution in [3.63, 3.8) is 0 Å². The summed E-state index contributed by atoms with van der Waals surface area (Å²) in [7, 11) is 1.31. The molecule has 1 aliphatic heterocycles. The summed E-state index contributed by atoms with van der Waals surface area (Å²) < 4.78 is 4.46. The van der Waals surface area contributed by atoms with Crippen molar-refractivity contribution in [3.8, 4) is 0 Å². The molecule has 0 aromatic heterocycles. The number of esters is 1. The molecule has 0 atom stereocenters. The van der Waals surface area contributed by atoms with Gasteiger partial charge in [0.1, 0.15) is 4.91 Å². The number of carbonyl (C=O) groups is 1. The molecule has 1 aliphatic rings. The van der Waals surface area contributed by atoms with Gasteiger partial charge in [-0.3, -0.25) is 5.43 Å². The highest BCUT2D eigenvalue weighted by molar-refractivity contribution is 8.17. The van der Waals surface area contributed by atoms with Gasteiger partial charge < -0.3 is 10.5 Å². The number of carbonyl (C=O) groups excluding carboxylic acids is 1. The molecule has 0 bridgehead atoms. The normalized spacial score (nSPS) is 16.1. The van der Waals surface area contributed by atoms with Crippen molar-refractivity contribution in [1.29, 1.82) is 0 Å². The average molecular weight is 173 g/mol. The highest BCUT2D eigenvalue weighted by Gasteiger charge is 2.14. The van der Waals surface area contributed by atoms with E-state index in [1.165, 1.54) is 13.3 Å². The smallest absolute Gasteiger partial charge is 0.346 e. The third kappa shape index (κ3) is 1.87. The Morgan fingerprint density at radius 3 is 3.18 bits per heavy atom. The highest BCUT2D eigenvalue weighted by Crippen LogP contribution is 2.18. The van der Waals surface area contributed by atoms with E-state index in [1.807, 2.05) is 0 Å². The van der Waals surface area contributed by atoms with Crippen molar-refractivity contribution in [2.24, 2.45) is 10.8 Å². The van der Waals surface area contributed by atoms with E-state index in [2.05, 4.69) is 15.3 Å². The lowest BCUT2D eigenvalue weighted by atomic mass is 10.6. The molecule has 0 unspecified atom stereocenters. The molecular formula is C5H7N3O2S. The van der Waals surface area contributed by atoms with Gasteiger partial charge in [-0.1, -0.05) is 0 Å². The Morgan fingerprint density at radius 2 is 2.64 bits per heavy atom. The van der Waals surface area contributed by atoms with E-state index in [0.29, 0.717) is 10.1 Å². The van der Waals surface area contributed by atoms with Gasteiger partial charge in [0.2, 0.25) is 0 Å². The highest BCUT2D eigenvalue weighted by atomic mass is 32.2. The molecule has 1 heterocycles. The molecule has 60 valence electrons. The van der Waals surface area contributed by atoms with E-state index in [4.69, 9.17) is 5.73 Å². The lowest BCUT2D eigenvalue weighted by molar-refractivity contribution is -0.135. The molecule has 0 spiro atoms. The van der Waals surface area contributed by atoms with Crippen LogP contribution < -0.4 is 11.2 Å². The Labute approximate surface area is 67.7 Å². The fourth-order valence-electron chi connectivity index (χ4n) is 0.521. The molecule has 3 N–H and O–H groups in total. The summed E-state index contributed by atoms with van der Waals surface area (Å²) in [5.74, 6) is -0.416. The quantitative estimate of drug-likeness (QED) is 0.526. The summed E-state index contributed by atoms with van der Waals surface area (Å²) in [5, 5.41) is 3.92. The van der Waals surface area contributed by atoms with Gasteiger partial charge in [0, 0.05) is 6.20 Å². The molecule has 0 aliphatic carbocycles. The molecule has 1 rings (SSSR count). The second kappa shape index (κ2) is 3.29. The Bertz CT molecular complexity index is 236. The minimum atomic E-state index is -0.416. The van der Waals surface area contributed by atoms with Crippen LogP contribution in [0.4, 0.5) is 0 Å². The number of thioether (sulfide) groups is 1. The molecular weight excluding hydrogens is 166 g/mol. The van der Waals surface area contributed by atoms with Crippen molar-refractivity contribution in [3.05, 3.63) is 11.1 Å². The van der Waals surface area contributed by atoms with Crippen LogP contribution in [-0.4, -0.2) is 18.2 Å². The van der Waals surface area contributed by atoms with E-state index in [1.54, 1.807) is 0 Å². The first-order valence-electron chi connectivity index (χ1n) is 2.79. The molecule has 0 aromatic carbocycles. The molecule has 11 heavy (non-hydrogen) atoms. The van der Waals surface area contributed by atoms with Gasteiger partial charge >= 0.3 is 5.97 Å². The number of ether oxygens (including phenoxy) is 1. The Hall–Kier alpha value is -1.17. The molecule has 6 heteroatoms. The van der Waals surface area contributed by atoms with Crippen molar-refractivity contribution in [2.75, 3.05) is 7.11 Å². The predicted octanol–water partition coefficient (Wildman–Crippen LogP) is -0.433. The molecule has 0 saturated heterocycles. The van der Waals surface area contributed by atoms with Gasteiger partial charge in [0.15, 0.2) is 5.17 Å². The summed E-state index contributed by atoms with van der Waals surface area (Å²) in [5.41, 5.74) is 7.80. The van der Waals surface area contributed by atoms with Crippen LogP contribution in [0.25, 0.3) is 0 Å². The first-order valence-corrected chi connectivity index (χ1v) is 3.60. The maximum Gasteiger partial charge on any atom is 0.346 e. The van der Waals surface area contributed by atoms with Crippen molar-refractivity contribution >= 4 is 22.9 Å². The van der Waals surface area contributed by atoms with E-state index in [-0.39, 0.29) is 0 Å². The van der Waals surface area contributed by atoms with Crippen LogP contribution in [0.15, 0.2) is 16.2 Å². The van der Waals surface area contributed by atoms with Gasteiger partial charge in [0.05, 0.1) is 7.11 Å². The van der Waals surface area contributed by atoms with Crippen LogP contribution in [-0.2, 0) is 9.53 Å². The van der Waals surface area contributed by atoms with Crippen LogP contribution in [0.2, 0.25) is 0 Å². The number of nitrogens with zero attached hydrogens (tertiary/aromatic N) is 1. The zero-order chi connectivity index (χ0) is 8.27. The molecule has 5 nitrogen and oxygen atoms in total. The Balaban J connectivity index is 2.62. The standard InChI is InChI=1S/C5H7N3O2S/c1-10-4(9)3-2-7-8-5(6)11-3/h2,7H,1H3,(H2,6,8). The first kappa shape index (κ1) is 7.93. The molecule has 0 amide bonds. The van der Waals surface area contributed by atoms with Crippen LogP contribution >= 0.6 is 11.8 Å². The maximum absolute atomic E-state index is 10.9. The summed E-state index contributed by atoms with van der Waals surface area (Å²) in [4.78, 5) is 11.3. The topological polar surface area (TPSA) is 76.7 Å². The van der Waals surface area contributed by atoms with Gasteiger partial charge in [-0.15, -0.1) is 0 Å². The van der Waals surface area contributed by atoms with Gasteiger partial charge in [-0.05, 0) is 11.8 Å². The summed E-state index contributed by atoms with van der Waals surface area (Å²) in [6, 6.07) is 0. The Kier molecular flexibility index (Phi) is 2.37. The van der Waals surface area contributed by atoms with Gasteiger partial charge in [-0.2, -0.15) is 5.10 Å². The molecule has 0 radical (unpaired) electrons. The number of hydrazone groups is 1. The van der Waals surface area contributed by atoms with Crippen molar-refractivity contribution in [1.82, 2.24) is 5.43 Å². The number of methoxy groups -OCH3 is 1. The monoisotopic (exact) mass is 173 g/mol. The van der Waals surface area contributed by atoms with E-state index < -0.39 is 5.97 Å². The average Bonchev–Trinajstić information content (AvgIpc) is 2.03. The zero-order valence-electron chi connectivity index (χ0n) is 5.83. The van der Waals surface area contributed by atoms with Gasteiger partial charge in [-0.25, -0.2) is 4.79 Å². The third-order valence-corrected chi connectivity index (χ3v) is 1.78. The fraction of sp³-hybridized carbons (Fsp3) is 0.200. The van der Waals surface area contributed by atoms with E-state index in [9.17, 15) is 4.79 Å². The van der Waals surface area contributed by atoms with Crippen molar-refractivity contribution < 1.29 is 9.53 Å². The minimum absolute atomic E-state index is 0.299. The zero-order valence-corrected chi connectivity index (χ0v) is 6.64. The van der Waals surface area contributed by atoms with E-state index in [0.717, 1.165) is 11.8 Å². The number of nitrogens with two attached hydrogens (primary N) is 1. The van der Waals surface area contributed by atoms with Crippen LogP contribution in [0.5, 0.6) is 0 Å². The van der Waals surface area contributed by atoms with E-state index >= 15 is 0 Å². The minimum Gasteiger partial charge on any atom is -0.465 e. The third-order valence-electron chi connectivity index (χ3n) is 0.971. The molecule has 0 aromatic rings. The lowest BCUT2D eigenvalue weighted by Crippen LogP contribution is -2.19. The maximum atomic E-state index is 10.9. The number of nitrogens with one attached hydrogen (secondary N) is 1. The largest absolute Gasteiger partial charge is 0.465 e. The number of hydrogen-bond acceptors (Lipinski definition) is 6. The molecule has 0 fully saturated rings. The van der Waals surface area contributed by atoms with Crippen LogP contribution in [0, 0.1) is 0 Å². The number of hydrogen-bond donors (Lipinski definition) is 2. The van der Waals surface area contributed by atoms with Crippen molar-refractivity contribution in [2.45, 2.75) is 0 Å². The molecule has 0 saturated carbocycles. The van der Waals surface area contributed by atoms with Crippen LogP contribution in [0.3, 0.4) is 0 Å². The van der Waals surface area contributed by atoms with Gasteiger partial charge in [0.25, 0.3) is 0 Å². The van der Waals surface area contributed by atoms with Crippen LogP contribution in [0.1, 0.15) is 0 Å². The predicted molar refractivity (Wildman–Crippen MR) is 42.4 cm³/mol. The lowest BCUT2D eigenvalue weighted by Gasteiger charge is -2.08. The SMILES string of the molecule is COC(=O)C1=CNN=C(N)S1. The summed E-state index contributed by atoms with van der Waals surface area (Å²) >= 11 is 1.07. The second-order valence-electron chi connectivity index (χ2n) is 1.68. The first-order chi connectivity index (χ1) is 5.24. The summed E-state index contributed by atoms with van der Waals surface area (Å²) in [6.07, 6.45) is 1.44.